The second-order valence-corrected chi connectivity index (χ2v) is 5.75. The second-order valence-electron chi connectivity index (χ2n) is 5.31. The quantitative estimate of drug-likeness (QED) is 0.911. The Morgan fingerprint density at radius 2 is 1.90 bits per heavy atom. The molecule has 1 aliphatic heterocycles. The Labute approximate surface area is 128 Å². The lowest BCUT2D eigenvalue weighted by molar-refractivity contribution is -0.116. The highest BCUT2D eigenvalue weighted by Gasteiger charge is 2.17. The Hall–Kier alpha value is -1.84. The first-order valence-corrected chi connectivity index (χ1v) is 7.35. The molecule has 1 aliphatic rings. The van der Waals surface area contributed by atoms with E-state index in [4.69, 9.17) is 11.6 Å². The van der Waals surface area contributed by atoms with Gasteiger partial charge in [-0.2, -0.15) is 0 Å². The van der Waals surface area contributed by atoms with E-state index >= 15 is 0 Å². The third-order valence-electron chi connectivity index (χ3n) is 3.75. The predicted molar refractivity (Wildman–Crippen MR) is 83.5 cm³/mol. The number of halogens is 1. The summed E-state index contributed by atoms with van der Waals surface area (Å²) in [5.41, 5.74) is 3.86. The Morgan fingerprint density at radius 3 is 2.67 bits per heavy atom. The smallest absolute Gasteiger partial charge is 0.224 e. The molecule has 0 radical (unpaired) electrons. The standard InChI is InChI=1S/C17H16ClNO2/c18-14-5-1-11(2-6-14)9-16(20)13-3-7-15-12(10-13)4-8-17(21)19-15/h1-3,5-7,10,16,20H,4,8-9H2,(H,19,21). The normalized spacial score (nSPS) is 15.2. The molecule has 2 aromatic carbocycles. The number of aliphatic hydroxyl groups is 1. The molecule has 2 N–H and O–H groups in total. The molecule has 3 nitrogen and oxygen atoms in total. The average molecular weight is 302 g/mol. The lowest BCUT2D eigenvalue weighted by Crippen LogP contribution is -2.19. The van der Waals surface area contributed by atoms with Gasteiger partial charge in [0.2, 0.25) is 5.91 Å². The molecule has 0 spiro atoms. The van der Waals surface area contributed by atoms with E-state index in [1.54, 1.807) is 0 Å². The molecule has 1 atom stereocenters. The van der Waals surface area contributed by atoms with Crippen LogP contribution in [0.25, 0.3) is 0 Å². The first-order chi connectivity index (χ1) is 10.1. The first kappa shape index (κ1) is 14.1. The van der Waals surface area contributed by atoms with Gasteiger partial charge < -0.3 is 10.4 Å². The third-order valence-corrected chi connectivity index (χ3v) is 4.00. The molecule has 1 heterocycles. The summed E-state index contributed by atoms with van der Waals surface area (Å²) in [5, 5.41) is 13.9. The zero-order valence-corrected chi connectivity index (χ0v) is 12.2. The highest BCUT2D eigenvalue weighted by atomic mass is 35.5. The first-order valence-electron chi connectivity index (χ1n) is 6.97. The summed E-state index contributed by atoms with van der Waals surface area (Å²) in [4.78, 5) is 11.3. The van der Waals surface area contributed by atoms with Crippen LogP contribution in [0.3, 0.4) is 0 Å². The van der Waals surface area contributed by atoms with Gasteiger partial charge in [-0.25, -0.2) is 0 Å². The van der Waals surface area contributed by atoms with E-state index in [-0.39, 0.29) is 5.91 Å². The van der Waals surface area contributed by atoms with Gasteiger partial charge in [-0.15, -0.1) is 0 Å². The maximum atomic E-state index is 11.3. The second kappa shape index (κ2) is 5.88. The molecule has 108 valence electrons. The van der Waals surface area contributed by atoms with E-state index in [0.717, 1.165) is 28.8 Å². The van der Waals surface area contributed by atoms with Crippen molar-refractivity contribution in [3.63, 3.8) is 0 Å². The van der Waals surface area contributed by atoms with E-state index in [0.29, 0.717) is 17.9 Å². The summed E-state index contributed by atoms with van der Waals surface area (Å²) < 4.78 is 0. The fourth-order valence-corrected chi connectivity index (χ4v) is 2.70. The van der Waals surface area contributed by atoms with Crippen molar-refractivity contribution in [3.8, 4) is 0 Å². The molecule has 0 bridgehead atoms. The highest BCUT2D eigenvalue weighted by Crippen LogP contribution is 2.27. The van der Waals surface area contributed by atoms with Gasteiger partial charge in [-0.1, -0.05) is 35.9 Å². The Kier molecular flexibility index (Phi) is 3.95. The Morgan fingerprint density at radius 1 is 1.14 bits per heavy atom. The van der Waals surface area contributed by atoms with Crippen molar-refractivity contribution >= 4 is 23.2 Å². The lowest BCUT2D eigenvalue weighted by Gasteiger charge is -2.19. The van der Waals surface area contributed by atoms with Crippen LogP contribution in [0, 0.1) is 0 Å². The van der Waals surface area contributed by atoms with Crippen molar-refractivity contribution in [2.75, 3.05) is 5.32 Å². The number of nitrogens with one attached hydrogen (secondary N) is 1. The zero-order chi connectivity index (χ0) is 14.8. The fourth-order valence-electron chi connectivity index (χ4n) is 2.57. The minimum absolute atomic E-state index is 0.0527. The summed E-state index contributed by atoms with van der Waals surface area (Å²) in [6.07, 6.45) is 1.21. The van der Waals surface area contributed by atoms with Crippen molar-refractivity contribution in [2.24, 2.45) is 0 Å². The largest absolute Gasteiger partial charge is 0.388 e. The van der Waals surface area contributed by atoms with Crippen LogP contribution in [0.4, 0.5) is 5.69 Å². The molecule has 2 aromatic rings. The zero-order valence-electron chi connectivity index (χ0n) is 11.5. The molecular formula is C17H16ClNO2. The Balaban J connectivity index is 1.77. The molecule has 0 aromatic heterocycles. The lowest BCUT2D eigenvalue weighted by atomic mass is 9.95. The van der Waals surface area contributed by atoms with Crippen LogP contribution in [0.2, 0.25) is 5.02 Å². The maximum absolute atomic E-state index is 11.3. The van der Waals surface area contributed by atoms with Crippen LogP contribution in [-0.2, 0) is 17.6 Å². The third kappa shape index (κ3) is 3.26. The average Bonchev–Trinajstić information content (AvgIpc) is 2.49. The van der Waals surface area contributed by atoms with Crippen LogP contribution in [-0.4, -0.2) is 11.0 Å². The number of carbonyl (C=O) groups excluding carboxylic acids is 1. The number of rotatable bonds is 3. The van der Waals surface area contributed by atoms with E-state index in [1.165, 1.54) is 0 Å². The molecule has 1 amide bonds. The topological polar surface area (TPSA) is 49.3 Å². The van der Waals surface area contributed by atoms with Gasteiger partial charge >= 0.3 is 0 Å². The molecule has 3 rings (SSSR count). The van der Waals surface area contributed by atoms with Crippen molar-refractivity contribution in [1.29, 1.82) is 0 Å². The van der Waals surface area contributed by atoms with Crippen LogP contribution < -0.4 is 5.32 Å². The highest BCUT2D eigenvalue weighted by molar-refractivity contribution is 6.30. The number of aliphatic hydroxyl groups excluding tert-OH is 1. The van der Waals surface area contributed by atoms with Gasteiger partial charge in [-0.05, 0) is 41.3 Å². The van der Waals surface area contributed by atoms with Gasteiger partial charge in [0.25, 0.3) is 0 Å². The maximum Gasteiger partial charge on any atom is 0.224 e. The van der Waals surface area contributed by atoms with Crippen LogP contribution >= 0.6 is 11.6 Å². The molecule has 1 unspecified atom stereocenters. The summed E-state index contributed by atoms with van der Waals surface area (Å²) in [6, 6.07) is 13.2. The number of carbonyl (C=O) groups is 1. The van der Waals surface area contributed by atoms with Gasteiger partial charge in [0.15, 0.2) is 0 Å². The van der Waals surface area contributed by atoms with E-state index in [2.05, 4.69) is 5.32 Å². The van der Waals surface area contributed by atoms with E-state index in [1.807, 2.05) is 42.5 Å². The summed E-state index contributed by atoms with van der Waals surface area (Å²) in [5.74, 6) is 0.0527. The predicted octanol–water partition coefficient (Wildman–Crippen LogP) is 3.50. The van der Waals surface area contributed by atoms with Crippen LogP contribution in [0.1, 0.15) is 29.2 Å². The van der Waals surface area contributed by atoms with Crippen molar-refractivity contribution in [2.45, 2.75) is 25.4 Å². The van der Waals surface area contributed by atoms with Crippen LogP contribution in [0.5, 0.6) is 0 Å². The number of aryl methyl sites for hydroxylation is 1. The summed E-state index contributed by atoms with van der Waals surface area (Å²) >= 11 is 5.86. The van der Waals surface area contributed by atoms with E-state index < -0.39 is 6.10 Å². The number of fused-ring (bicyclic) bond motifs is 1. The molecule has 0 aliphatic carbocycles. The SMILES string of the molecule is O=C1CCc2cc(C(O)Cc3ccc(Cl)cc3)ccc2N1. The number of benzene rings is 2. The molecule has 0 saturated heterocycles. The number of amides is 1. The van der Waals surface area contributed by atoms with Crippen molar-refractivity contribution < 1.29 is 9.90 Å². The van der Waals surface area contributed by atoms with Gasteiger partial charge in [-0.3, -0.25) is 4.79 Å². The van der Waals surface area contributed by atoms with Crippen molar-refractivity contribution in [1.82, 2.24) is 0 Å². The molecule has 4 heteroatoms. The fraction of sp³-hybridized carbons (Fsp3) is 0.235. The number of anilines is 1. The van der Waals surface area contributed by atoms with Gasteiger partial charge in [0, 0.05) is 23.6 Å². The Bertz CT molecular complexity index is 667. The van der Waals surface area contributed by atoms with Gasteiger partial charge in [0.1, 0.15) is 0 Å². The van der Waals surface area contributed by atoms with Crippen LogP contribution in [0.15, 0.2) is 42.5 Å². The number of hydrogen-bond acceptors (Lipinski definition) is 2. The summed E-state index contributed by atoms with van der Waals surface area (Å²) in [6.45, 7) is 0. The monoisotopic (exact) mass is 301 g/mol. The molecule has 0 fully saturated rings. The minimum atomic E-state index is -0.561. The van der Waals surface area contributed by atoms with Crippen molar-refractivity contribution in [3.05, 3.63) is 64.2 Å². The molecule has 0 saturated carbocycles. The van der Waals surface area contributed by atoms with Gasteiger partial charge in [0.05, 0.1) is 6.10 Å². The summed E-state index contributed by atoms with van der Waals surface area (Å²) in [7, 11) is 0. The van der Waals surface area contributed by atoms with E-state index in [9.17, 15) is 9.90 Å². The molecular weight excluding hydrogens is 286 g/mol. The minimum Gasteiger partial charge on any atom is -0.388 e. The molecule has 21 heavy (non-hydrogen) atoms. The number of hydrogen-bond donors (Lipinski definition) is 2.